The second-order valence-corrected chi connectivity index (χ2v) is 11.6. The highest BCUT2D eigenvalue weighted by Gasteiger charge is 2.37. The Morgan fingerprint density at radius 2 is 1.63 bits per heavy atom. The molecular weight excluding hydrogens is 640 g/mol. The molecule has 0 unspecified atom stereocenters. The SMILES string of the molecule is [NH-]C(N)=NCCC[C@H](NC(=O)[C@H]([NH3+])Cc1ccc(O)cc1)C(=O)NCC(=O)N[C@@H](Cc1ccc([N+](=O)[O-])cc1)C(=O)N1CCC[C@H]1C(N)=O. The average molecular weight is 683 g/mol. The molecule has 1 aliphatic rings. The fourth-order valence-electron chi connectivity index (χ4n) is 5.31. The zero-order valence-electron chi connectivity index (χ0n) is 26.8. The van der Waals surface area contributed by atoms with Crippen LogP contribution >= 0.6 is 0 Å². The lowest BCUT2D eigenvalue weighted by Crippen LogP contribution is -2.69. The second-order valence-electron chi connectivity index (χ2n) is 11.6. The summed E-state index contributed by atoms with van der Waals surface area (Å²) in [4.78, 5) is 80.4. The van der Waals surface area contributed by atoms with E-state index in [2.05, 4.69) is 26.7 Å². The maximum absolute atomic E-state index is 13.6. The summed E-state index contributed by atoms with van der Waals surface area (Å²) in [6.07, 6.45) is 1.41. The van der Waals surface area contributed by atoms with Crippen LogP contribution in [0.3, 0.4) is 0 Å². The minimum absolute atomic E-state index is 0.0667. The van der Waals surface area contributed by atoms with Crippen LogP contribution in [0.25, 0.3) is 5.73 Å². The number of non-ortho nitro benzene ring substituents is 1. The Labute approximate surface area is 281 Å². The van der Waals surface area contributed by atoms with Gasteiger partial charge in [0.2, 0.25) is 23.6 Å². The van der Waals surface area contributed by atoms with Crippen LogP contribution < -0.4 is 33.2 Å². The van der Waals surface area contributed by atoms with Crippen LogP contribution in [-0.2, 0) is 36.8 Å². The van der Waals surface area contributed by atoms with Crippen molar-refractivity contribution in [3.63, 3.8) is 0 Å². The van der Waals surface area contributed by atoms with E-state index in [1.807, 2.05) is 0 Å². The predicted octanol–water partition coefficient (Wildman–Crippen LogP) is -1.59. The summed E-state index contributed by atoms with van der Waals surface area (Å²) in [7, 11) is 0. The molecule has 1 fully saturated rings. The van der Waals surface area contributed by atoms with Crippen LogP contribution in [0.1, 0.15) is 36.8 Å². The number of carbonyl (C=O) groups is 5. The third kappa shape index (κ3) is 11.8. The number of nitro benzene ring substituents is 1. The lowest BCUT2D eigenvalue weighted by atomic mass is 10.0. The molecule has 0 aliphatic carbocycles. The number of rotatable bonds is 17. The van der Waals surface area contributed by atoms with E-state index in [-0.39, 0.29) is 56.2 Å². The van der Waals surface area contributed by atoms with Gasteiger partial charge in [-0.05, 0) is 61.4 Å². The Kier molecular flexibility index (Phi) is 13.8. The normalized spacial score (nSPS) is 16.2. The molecule has 1 saturated heterocycles. The number of hydrogen-bond acceptors (Lipinski definition) is 9. The van der Waals surface area contributed by atoms with Gasteiger partial charge in [0.25, 0.3) is 11.6 Å². The molecule has 3 rings (SSSR count). The number of nitrogens with zero attached hydrogens (tertiary/aromatic N) is 3. The van der Waals surface area contributed by atoms with Crippen LogP contribution in [0.15, 0.2) is 53.5 Å². The molecule has 18 nitrogen and oxygen atoms in total. The number of phenols is 1. The number of aromatic hydroxyl groups is 1. The summed E-state index contributed by atoms with van der Waals surface area (Å²) in [6, 6.07) is 7.71. The number of likely N-dealkylation sites (tertiary alicyclic amines) is 1. The van der Waals surface area contributed by atoms with Gasteiger partial charge in [-0.3, -0.25) is 34.1 Å². The third-order valence-corrected chi connectivity index (χ3v) is 7.86. The van der Waals surface area contributed by atoms with Gasteiger partial charge in [0.05, 0.1) is 11.5 Å². The van der Waals surface area contributed by atoms with Crippen molar-refractivity contribution >= 4 is 41.2 Å². The van der Waals surface area contributed by atoms with Gasteiger partial charge in [0.1, 0.15) is 23.9 Å². The summed E-state index contributed by atoms with van der Waals surface area (Å²) in [5.74, 6) is -3.56. The fraction of sp³-hybridized carbons (Fsp3) is 0.419. The quantitative estimate of drug-likeness (QED) is 0.0332. The van der Waals surface area contributed by atoms with E-state index in [0.717, 1.165) is 5.56 Å². The number of benzene rings is 2. The molecule has 0 spiro atoms. The molecule has 1 aliphatic heterocycles. The first-order valence-corrected chi connectivity index (χ1v) is 15.6. The zero-order chi connectivity index (χ0) is 36.1. The van der Waals surface area contributed by atoms with Gasteiger partial charge >= 0.3 is 0 Å². The molecule has 49 heavy (non-hydrogen) atoms. The van der Waals surface area contributed by atoms with Crippen molar-refractivity contribution < 1.29 is 39.7 Å². The molecule has 0 bridgehead atoms. The number of nitrogens with two attached hydrogens (primary N) is 2. The van der Waals surface area contributed by atoms with Gasteiger partial charge in [0.15, 0.2) is 6.04 Å². The molecule has 4 atom stereocenters. The molecule has 0 radical (unpaired) electrons. The molecule has 2 aromatic carbocycles. The summed E-state index contributed by atoms with van der Waals surface area (Å²) < 4.78 is 0. The lowest BCUT2D eigenvalue weighted by Gasteiger charge is -2.28. The number of nitro groups is 1. The predicted molar refractivity (Wildman–Crippen MR) is 176 cm³/mol. The molecule has 5 amide bonds. The van der Waals surface area contributed by atoms with Gasteiger partial charge in [-0.2, -0.15) is 0 Å². The zero-order valence-corrected chi connectivity index (χ0v) is 26.8. The smallest absolute Gasteiger partial charge is 0.279 e. The molecule has 12 N–H and O–H groups in total. The summed E-state index contributed by atoms with van der Waals surface area (Å²) in [6.45, 7) is -0.216. The lowest BCUT2D eigenvalue weighted by molar-refractivity contribution is -0.403. The minimum atomic E-state index is -1.19. The van der Waals surface area contributed by atoms with Crippen molar-refractivity contribution in [1.29, 1.82) is 0 Å². The Balaban J connectivity index is 1.69. The first-order valence-electron chi connectivity index (χ1n) is 15.6. The van der Waals surface area contributed by atoms with E-state index in [0.29, 0.717) is 18.4 Å². The van der Waals surface area contributed by atoms with E-state index >= 15 is 0 Å². The number of nitrogens with one attached hydrogen (secondary N) is 4. The summed E-state index contributed by atoms with van der Waals surface area (Å²) in [5.41, 5.74) is 23.0. The number of quaternary nitrogens is 1. The molecule has 264 valence electrons. The van der Waals surface area contributed by atoms with Gasteiger partial charge in [-0.25, -0.2) is 0 Å². The highest BCUT2D eigenvalue weighted by molar-refractivity contribution is 5.94. The second kappa shape index (κ2) is 17.9. The first kappa shape index (κ1) is 37.7. The van der Waals surface area contributed by atoms with E-state index in [9.17, 15) is 39.2 Å². The monoisotopic (exact) mass is 682 g/mol. The van der Waals surface area contributed by atoms with Gasteiger partial charge < -0.3 is 53.9 Å². The van der Waals surface area contributed by atoms with E-state index in [1.165, 1.54) is 41.3 Å². The van der Waals surface area contributed by atoms with Crippen molar-refractivity contribution in [3.8, 4) is 5.75 Å². The fourth-order valence-corrected chi connectivity index (χ4v) is 5.31. The van der Waals surface area contributed by atoms with Crippen molar-refractivity contribution in [1.82, 2.24) is 20.9 Å². The van der Waals surface area contributed by atoms with Crippen LogP contribution in [0.5, 0.6) is 5.75 Å². The van der Waals surface area contributed by atoms with Gasteiger partial charge in [-0.15, -0.1) is 0 Å². The molecule has 0 saturated carbocycles. The molecule has 2 aromatic rings. The highest BCUT2D eigenvalue weighted by Crippen LogP contribution is 2.20. The Hall–Kier alpha value is -5.78. The average Bonchev–Trinajstić information content (AvgIpc) is 3.56. The highest BCUT2D eigenvalue weighted by atomic mass is 16.6. The molecule has 0 aromatic heterocycles. The van der Waals surface area contributed by atoms with Crippen LogP contribution in [0, 0.1) is 10.1 Å². The summed E-state index contributed by atoms with van der Waals surface area (Å²) >= 11 is 0. The number of amides is 5. The number of primary amides is 1. The third-order valence-electron chi connectivity index (χ3n) is 7.86. The van der Waals surface area contributed by atoms with Crippen LogP contribution in [0.2, 0.25) is 0 Å². The van der Waals surface area contributed by atoms with Crippen LogP contribution in [-0.4, -0.2) is 94.2 Å². The van der Waals surface area contributed by atoms with E-state index in [1.54, 1.807) is 12.1 Å². The maximum atomic E-state index is 13.6. The minimum Gasteiger partial charge on any atom is -0.508 e. The van der Waals surface area contributed by atoms with Crippen molar-refractivity contribution in [2.75, 3.05) is 19.6 Å². The number of guanidine groups is 1. The van der Waals surface area contributed by atoms with Gasteiger partial charge in [0, 0.05) is 31.5 Å². The van der Waals surface area contributed by atoms with E-state index < -0.39 is 65.2 Å². The van der Waals surface area contributed by atoms with Gasteiger partial charge in [-0.1, -0.05) is 24.3 Å². The molecular formula is C31H42N10O8. The molecule has 18 heteroatoms. The summed E-state index contributed by atoms with van der Waals surface area (Å²) in [5, 5.41) is 28.3. The van der Waals surface area contributed by atoms with E-state index in [4.69, 9.17) is 17.2 Å². The topological polar surface area (TPSA) is 304 Å². The molecule has 1 heterocycles. The Morgan fingerprint density at radius 3 is 2.24 bits per heavy atom. The van der Waals surface area contributed by atoms with Crippen LogP contribution in [0.4, 0.5) is 5.69 Å². The standard InChI is InChI=1S/C31H42N10O8/c32-22(15-18-7-11-21(42)12-8-18)28(45)39-23(3-1-13-36-31(34)35)29(46)37-17-26(43)38-24(16-19-5-9-20(10-6-19)41(48)49)30(47)40-14-2-4-25(40)27(33)44/h5-12,22-25H,1-4,13-17,32H2,(H10,33,34,35,36,37,38,39,42,43,44,45,46)/t22-,23+,24+,25+/m1/s1. The number of aliphatic imine (C=N–C) groups is 1. The number of carbonyl (C=O) groups excluding carboxylic acids is 5. The number of phenolic OH excluding ortho intramolecular Hbond substituents is 1. The largest absolute Gasteiger partial charge is 0.508 e. The van der Waals surface area contributed by atoms with Crippen molar-refractivity contribution in [2.24, 2.45) is 16.5 Å². The Morgan fingerprint density at radius 1 is 1.00 bits per heavy atom. The number of hydrogen-bond donors (Lipinski definition) is 7. The maximum Gasteiger partial charge on any atom is 0.279 e. The van der Waals surface area contributed by atoms with Crippen molar-refractivity contribution in [3.05, 3.63) is 75.5 Å². The first-order chi connectivity index (χ1) is 23.2. The van der Waals surface area contributed by atoms with Crippen molar-refractivity contribution in [2.45, 2.75) is 62.7 Å². The Bertz CT molecular complexity index is 1530.